The molecule has 1 heterocycles. The fraction of sp³-hybridized carbons (Fsp3) is 0.462. The normalized spacial score (nSPS) is 19.1. The lowest BCUT2D eigenvalue weighted by Crippen LogP contribution is -2.36. The van der Waals surface area contributed by atoms with E-state index in [1.807, 2.05) is 0 Å². The molecule has 3 heteroatoms. The Bertz CT molecular complexity index is 390. The van der Waals surface area contributed by atoms with Gasteiger partial charge in [0, 0.05) is 0 Å². The number of esters is 1. The second-order valence-electron chi connectivity index (χ2n) is 4.25. The fourth-order valence-electron chi connectivity index (χ4n) is 1.66. The van der Waals surface area contributed by atoms with Crippen molar-refractivity contribution in [3.8, 4) is 0 Å². The van der Waals surface area contributed by atoms with Crippen LogP contribution in [-0.2, 0) is 20.9 Å². The van der Waals surface area contributed by atoms with Gasteiger partial charge in [0.15, 0.2) is 0 Å². The minimum absolute atomic E-state index is 0.0287. The molecule has 1 aliphatic heterocycles. The van der Waals surface area contributed by atoms with Crippen molar-refractivity contribution in [3.63, 3.8) is 0 Å². The van der Waals surface area contributed by atoms with E-state index in [4.69, 9.17) is 9.47 Å². The number of cyclic esters (lactones) is 1. The van der Waals surface area contributed by atoms with Gasteiger partial charge in [0.05, 0.1) is 19.6 Å². The Balaban J connectivity index is 1.76. The summed E-state index contributed by atoms with van der Waals surface area (Å²) in [5.74, 6) is -0.125. The number of carbonyl (C=O) groups is 1. The molecule has 16 heavy (non-hydrogen) atoms. The topological polar surface area (TPSA) is 35.5 Å². The molecule has 3 nitrogen and oxygen atoms in total. The molecular formula is C13H16O3. The third-order valence-electron chi connectivity index (χ3n) is 2.84. The molecule has 1 atom stereocenters. The number of ether oxygens (including phenoxy) is 2. The molecule has 1 aliphatic rings. The Kier molecular flexibility index (Phi) is 3.25. The number of rotatable bonds is 4. The summed E-state index contributed by atoms with van der Waals surface area (Å²) in [7, 11) is 0. The summed E-state index contributed by atoms with van der Waals surface area (Å²) in [5.41, 5.74) is 3.72. The summed E-state index contributed by atoms with van der Waals surface area (Å²) in [6, 6.07) is 6.29. The van der Waals surface area contributed by atoms with Gasteiger partial charge in [-0.05, 0) is 30.5 Å². The molecule has 0 saturated carbocycles. The highest BCUT2D eigenvalue weighted by Crippen LogP contribution is 2.15. The largest absolute Gasteiger partial charge is 0.459 e. The molecule has 0 radical (unpaired) electrons. The summed E-state index contributed by atoms with van der Waals surface area (Å²) < 4.78 is 10.3. The molecule has 1 aromatic carbocycles. The van der Waals surface area contributed by atoms with Crippen LogP contribution in [0.2, 0.25) is 0 Å². The van der Waals surface area contributed by atoms with Crippen molar-refractivity contribution < 1.29 is 14.3 Å². The van der Waals surface area contributed by atoms with Crippen molar-refractivity contribution in [2.45, 2.75) is 33.0 Å². The van der Waals surface area contributed by atoms with Gasteiger partial charge in [0.1, 0.15) is 6.10 Å². The first-order chi connectivity index (χ1) is 7.65. The van der Waals surface area contributed by atoms with Crippen molar-refractivity contribution >= 4 is 5.97 Å². The van der Waals surface area contributed by atoms with E-state index in [0.717, 1.165) is 5.56 Å². The van der Waals surface area contributed by atoms with E-state index in [0.29, 0.717) is 19.6 Å². The molecule has 1 aromatic rings. The highest BCUT2D eigenvalue weighted by atomic mass is 16.6. The van der Waals surface area contributed by atoms with Crippen molar-refractivity contribution in [2.24, 2.45) is 0 Å². The maximum atomic E-state index is 10.5. The van der Waals surface area contributed by atoms with Crippen molar-refractivity contribution in [1.82, 2.24) is 0 Å². The van der Waals surface area contributed by atoms with E-state index < -0.39 is 0 Å². The zero-order chi connectivity index (χ0) is 11.5. The number of carbonyl (C=O) groups excluding carboxylic acids is 1. The zero-order valence-electron chi connectivity index (χ0n) is 9.66. The van der Waals surface area contributed by atoms with E-state index in [-0.39, 0.29) is 12.1 Å². The van der Waals surface area contributed by atoms with Crippen LogP contribution in [0.5, 0.6) is 0 Å². The molecule has 1 unspecified atom stereocenters. The first-order valence-electron chi connectivity index (χ1n) is 5.48. The first-order valence-corrected chi connectivity index (χ1v) is 5.48. The Labute approximate surface area is 95.4 Å². The summed E-state index contributed by atoms with van der Waals surface area (Å²) in [6.07, 6.45) is 0.464. The van der Waals surface area contributed by atoms with Gasteiger partial charge < -0.3 is 9.47 Å². The van der Waals surface area contributed by atoms with Gasteiger partial charge in [-0.2, -0.15) is 0 Å². The monoisotopic (exact) mass is 220 g/mol. The lowest BCUT2D eigenvalue weighted by molar-refractivity contribution is -0.175. The number of hydrogen-bond acceptors (Lipinski definition) is 3. The molecule has 1 fully saturated rings. The van der Waals surface area contributed by atoms with E-state index >= 15 is 0 Å². The average molecular weight is 220 g/mol. The maximum Gasteiger partial charge on any atom is 0.310 e. The molecule has 0 aliphatic carbocycles. The van der Waals surface area contributed by atoms with E-state index in [9.17, 15) is 4.79 Å². The van der Waals surface area contributed by atoms with Crippen molar-refractivity contribution in [3.05, 3.63) is 34.9 Å². The van der Waals surface area contributed by atoms with Crippen LogP contribution in [0.25, 0.3) is 0 Å². The van der Waals surface area contributed by atoms with Crippen molar-refractivity contribution in [2.75, 3.05) is 6.61 Å². The molecule has 0 aromatic heterocycles. The smallest absolute Gasteiger partial charge is 0.310 e. The predicted molar refractivity (Wildman–Crippen MR) is 60.1 cm³/mol. The standard InChI is InChI=1S/C13H16O3/c1-9-3-4-11(5-10(9)2)7-15-8-12-6-13(14)16-12/h3-5,12H,6-8H2,1-2H3. The molecule has 0 N–H and O–H groups in total. The van der Waals surface area contributed by atoms with Crippen LogP contribution in [0.15, 0.2) is 18.2 Å². The van der Waals surface area contributed by atoms with Gasteiger partial charge in [-0.15, -0.1) is 0 Å². The van der Waals surface area contributed by atoms with Crippen LogP contribution >= 0.6 is 0 Å². The van der Waals surface area contributed by atoms with E-state index in [1.165, 1.54) is 11.1 Å². The summed E-state index contributed by atoms with van der Waals surface area (Å²) >= 11 is 0. The van der Waals surface area contributed by atoms with Gasteiger partial charge in [-0.3, -0.25) is 4.79 Å². The lowest BCUT2D eigenvalue weighted by atomic mass is 10.1. The first kappa shape index (κ1) is 11.1. The highest BCUT2D eigenvalue weighted by molar-refractivity contribution is 5.75. The Morgan fingerprint density at radius 2 is 2.12 bits per heavy atom. The van der Waals surface area contributed by atoms with Crippen LogP contribution in [0.1, 0.15) is 23.1 Å². The van der Waals surface area contributed by atoms with E-state index in [2.05, 4.69) is 32.0 Å². The number of hydrogen-bond donors (Lipinski definition) is 0. The molecule has 86 valence electrons. The van der Waals surface area contributed by atoms with Gasteiger partial charge in [-0.25, -0.2) is 0 Å². The minimum atomic E-state index is -0.125. The fourth-order valence-corrected chi connectivity index (χ4v) is 1.66. The van der Waals surface area contributed by atoms with Gasteiger partial charge in [0.2, 0.25) is 0 Å². The minimum Gasteiger partial charge on any atom is -0.459 e. The summed E-state index contributed by atoms with van der Waals surface area (Å²) in [5, 5.41) is 0. The highest BCUT2D eigenvalue weighted by Gasteiger charge is 2.28. The number of aryl methyl sites for hydroxylation is 2. The summed E-state index contributed by atoms with van der Waals surface area (Å²) in [6.45, 7) is 5.26. The van der Waals surface area contributed by atoms with Crippen LogP contribution in [0.4, 0.5) is 0 Å². The zero-order valence-corrected chi connectivity index (χ0v) is 9.66. The van der Waals surface area contributed by atoms with Crippen LogP contribution in [-0.4, -0.2) is 18.7 Å². The van der Waals surface area contributed by atoms with Crippen LogP contribution in [0.3, 0.4) is 0 Å². The van der Waals surface area contributed by atoms with Gasteiger partial charge >= 0.3 is 5.97 Å². The Morgan fingerprint density at radius 1 is 1.38 bits per heavy atom. The quantitative estimate of drug-likeness (QED) is 0.729. The third-order valence-corrected chi connectivity index (χ3v) is 2.84. The predicted octanol–water partition coefficient (Wildman–Crippen LogP) is 2.14. The Hall–Kier alpha value is -1.35. The van der Waals surface area contributed by atoms with E-state index in [1.54, 1.807) is 0 Å². The van der Waals surface area contributed by atoms with Crippen LogP contribution < -0.4 is 0 Å². The molecule has 1 saturated heterocycles. The average Bonchev–Trinajstić information content (AvgIpc) is 2.21. The van der Waals surface area contributed by atoms with Crippen molar-refractivity contribution in [1.29, 1.82) is 0 Å². The molecule has 0 amide bonds. The molecule has 2 rings (SSSR count). The van der Waals surface area contributed by atoms with Gasteiger partial charge in [0.25, 0.3) is 0 Å². The summed E-state index contributed by atoms with van der Waals surface area (Å²) in [4.78, 5) is 10.5. The number of benzene rings is 1. The molecule has 0 bridgehead atoms. The second-order valence-corrected chi connectivity index (χ2v) is 4.25. The van der Waals surface area contributed by atoms with Gasteiger partial charge in [-0.1, -0.05) is 18.2 Å². The lowest BCUT2D eigenvalue weighted by Gasteiger charge is -2.25. The molecular weight excluding hydrogens is 204 g/mol. The second kappa shape index (κ2) is 4.66. The third kappa shape index (κ3) is 2.61. The molecule has 0 spiro atoms. The maximum absolute atomic E-state index is 10.5. The Morgan fingerprint density at radius 3 is 2.75 bits per heavy atom. The van der Waals surface area contributed by atoms with Crippen LogP contribution in [0, 0.1) is 13.8 Å². The SMILES string of the molecule is Cc1ccc(COCC2CC(=O)O2)cc1C.